The summed E-state index contributed by atoms with van der Waals surface area (Å²) in [6.07, 6.45) is 0. The zero-order valence-electron chi connectivity index (χ0n) is 22.2. The number of aryl methyl sites for hydroxylation is 2. The van der Waals surface area contributed by atoms with Crippen LogP contribution in [0.4, 0.5) is 11.4 Å². The van der Waals surface area contributed by atoms with Crippen LogP contribution < -0.4 is 0 Å². The van der Waals surface area contributed by atoms with E-state index < -0.39 is 0 Å². The monoisotopic (exact) mass is 747 g/mol. The first-order valence-corrected chi connectivity index (χ1v) is 17.2. The van der Waals surface area contributed by atoms with E-state index in [0.717, 1.165) is 54.3 Å². The zero-order chi connectivity index (χ0) is 29.2. The van der Waals surface area contributed by atoms with Crippen molar-refractivity contribution in [2.45, 2.75) is 13.8 Å². The summed E-state index contributed by atoms with van der Waals surface area (Å²) >= 11 is 7.57. The Hall–Kier alpha value is -2.57. The van der Waals surface area contributed by atoms with Crippen molar-refractivity contribution in [2.24, 2.45) is 9.98 Å². The molecule has 0 atom stereocenters. The second kappa shape index (κ2) is 15.6. The van der Waals surface area contributed by atoms with E-state index >= 15 is 0 Å². The van der Waals surface area contributed by atoms with Crippen LogP contribution >= 0.6 is 52.1 Å². The molecule has 0 bridgehead atoms. The molecule has 3 nitrogen and oxygen atoms in total. The fourth-order valence-electron chi connectivity index (χ4n) is 4.08. The van der Waals surface area contributed by atoms with Crippen LogP contribution in [0.25, 0.3) is 0 Å². The molecular weight excluding hydrogens is 725 g/mol. The van der Waals surface area contributed by atoms with Crippen molar-refractivity contribution in [1.29, 1.82) is 0 Å². The molecule has 0 amide bonds. The van der Waals surface area contributed by atoms with E-state index in [-0.39, 0.29) is 13.1 Å². The number of hydrogen-bond donors (Lipinski definition) is 0. The molecule has 41 heavy (non-hydrogen) atoms. The molecule has 0 saturated carbocycles. The molecule has 0 fully saturated rings. The molecule has 1 heterocycles. The Balaban J connectivity index is 0.00000124. The van der Waals surface area contributed by atoms with E-state index in [2.05, 4.69) is 94.2 Å². The average molecular weight is 750 g/mol. The zero-order valence-corrected chi connectivity index (χ0v) is 28.0. The second-order valence-electron chi connectivity index (χ2n) is 9.02. The third-order valence-corrected chi connectivity index (χ3v) is 7.27. The van der Waals surface area contributed by atoms with Gasteiger partial charge in [0.15, 0.2) is 0 Å². The normalized spacial score (nSPS) is 11.7. The van der Waals surface area contributed by atoms with Gasteiger partial charge in [-0.3, -0.25) is 0 Å². The van der Waals surface area contributed by atoms with Gasteiger partial charge >= 0.3 is 33.3 Å². The summed E-state index contributed by atoms with van der Waals surface area (Å²) in [6, 6.07) is 38.7. The number of rotatable bonds is 6. The predicted octanol–water partition coefficient (Wildman–Crippen LogP) is 10.9. The first-order chi connectivity index (χ1) is 19.9. The Kier molecular flexibility index (Phi) is 11.9. The van der Waals surface area contributed by atoms with Gasteiger partial charge in [0.25, 0.3) is 0 Å². The molecule has 0 spiro atoms. The molecule has 4 aromatic carbocycles. The average Bonchev–Trinajstić information content (AvgIpc) is 2.98. The van der Waals surface area contributed by atoms with Crippen LogP contribution in [0.1, 0.15) is 33.6 Å². The Morgan fingerprint density at radius 2 is 0.976 bits per heavy atom. The van der Waals surface area contributed by atoms with E-state index in [9.17, 15) is 0 Å². The van der Waals surface area contributed by atoms with Crippen LogP contribution in [0.3, 0.4) is 0 Å². The maximum atomic E-state index is 5.12. The summed E-state index contributed by atoms with van der Waals surface area (Å²) < 4.78 is 1.88. The van der Waals surface area contributed by atoms with Crippen LogP contribution in [-0.2, 0) is 13.1 Å². The molecule has 0 unspecified atom stereocenters. The van der Waals surface area contributed by atoms with Gasteiger partial charge in [-0.15, -0.1) is 0 Å². The van der Waals surface area contributed by atoms with Crippen LogP contribution in [0, 0.1) is 13.8 Å². The maximum absolute atomic E-state index is 5.12. The van der Waals surface area contributed by atoms with Crippen molar-refractivity contribution in [2.75, 3.05) is 0 Å². The van der Waals surface area contributed by atoms with Gasteiger partial charge in [0.1, 0.15) is 0 Å². The molecule has 0 radical (unpaired) electrons. The Bertz CT molecular complexity index is 1560. The van der Waals surface area contributed by atoms with Crippen molar-refractivity contribution >= 4 is 74.9 Å². The third-order valence-electron chi connectivity index (χ3n) is 6.00. The van der Waals surface area contributed by atoms with Gasteiger partial charge in [0.05, 0.1) is 34.2 Å². The SMILES string of the molecule is Cc1ccc(N=C(c2ccccc2)c2cccc(C(=Nc3ccc(C)cc3Br)c3ccccc3)n2)c(Br)c1.[Cl][Fe][Cl]. The van der Waals surface area contributed by atoms with Gasteiger partial charge in [-0.2, -0.15) is 0 Å². The van der Waals surface area contributed by atoms with E-state index in [0.29, 0.717) is 0 Å². The number of benzene rings is 4. The summed E-state index contributed by atoms with van der Waals surface area (Å²) in [7, 11) is 9.53. The number of aliphatic imine (C=N–C) groups is 2. The quantitative estimate of drug-likeness (QED) is 0.126. The van der Waals surface area contributed by atoms with Crippen LogP contribution in [0.5, 0.6) is 0 Å². The van der Waals surface area contributed by atoms with Crippen molar-refractivity contribution in [3.8, 4) is 0 Å². The first-order valence-electron chi connectivity index (χ1n) is 12.5. The van der Waals surface area contributed by atoms with E-state index in [1.807, 2.05) is 66.7 Å². The minimum absolute atomic E-state index is 0.194. The standard InChI is InChI=1S/C33H25Br2N3.2ClH.Fe/c1-22-16-18-28(26(34)20-22)37-32(24-10-5-3-6-11-24)30-14-9-15-31(36-30)33(25-12-7-4-8-13-25)38-29-19-17-23(2)21-27(29)35;;;/h3-21H,1-2H3;2*1H;/q;;;+2/p-2. The van der Waals surface area contributed by atoms with Crippen molar-refractivity contribution in [3.05, 3.63) is 158 Å². The minimum atomic E-state index is 0.194. The van der Waals surface area contributed by atoms with Crippen LogP contribution in [0.2, 0.25) is 0 Å². The van der Waals surface area contributed by atoms with E-state index in [1.54, 1.807) is 0 Å². The number of hydrogen-bond acceptors (Lipinski definition) is 3. The third kappa shape index (κ3) is 8.71. The molecular formula is C33H25Br2Cl2FeN3. The van der Waals surface area contributed by atoms with Crippen molar-refractivity contribution < 1.29 is 13.1 Å². The van der Waals surface area contributed by atoms with Gasteiger partial charge in [-0.25, -0.2) is 15.0 Å². The summed E-state index contributed by atoms with van der Waals surface area (Å²) in [6.45, 7) is 4.14. The van der Waals surface area contributed by atoms with Crippen LogP contribution in [-0.4, -0.2) is 16.4 Å². The molecule has 0 saturated heterocycles. The summed E-state index contributed by atoms with van der Waals surface area (Å²) in [5, 5.41) is 0. The van der Waals surface area contributed by atoms with E-state index in [1.165, 1.54) is 11.1 Å². The van der Waals surface area contributed by atoms with Gasteiger partial charge in [-0.05, 0) is 93.2 Å². The van der Waals surface area contributed by atoms with Gasteiger partial charge in [0.2, 0.25) is 0 Å². The summed E-state index contributed by atoms with van der Waals surface area (Å²) in [4.78, 5) is 15.3. The Labute approximate surface area is 272 Å². The number of halogens is 4. The van der Waals surface area contributed by atoms with Gasteiger partial charge < -0.3 is 0 Å². The summed E-state index contributed by atoms with van der Waals surface area (Å²) in [5.74, 6) is 0. The molecule has 0 aliphatic carbocycles. The van der Waals surface area contributed by atoms with Crippen molar-refractivity contribution in [3.63, 3.8) is 0 Å². The molecule has 208 valence electrons. The molecule has 1 aromatic heterocycles. The van der Waals surface area contributed by atoms with Gasteiger partial charge in [0, 0.05) is 20.1 Å². The predicted molar refractivity (Wildman–Crippen MR) is 177 cm³/mol. The fourth-order valence-corrected chi connectivity index (χ4v) is 5.24. The number of pyridine rings is 1. The molecule has 0 aliphatic rings. The molecule has 5 rings (SSSR count). The molecule has 5 aromatic rings. The second-order valence-corrected chi connectivity index (χ2v) is 12.6. The Morgan fingerprint density at radius 1 is 0.585 bits per heavy atom. The van der Waals surface area contributed by atoms with E-state index in [4.69, 9.17) is 35.2 Å². The topological polar surface area (TPSA) is 37.6 Å². The van der Waals surface area contributed by atoms with Gasteiger partial charge in [-0.1, -0.05) is 78.9 Å². The first kappa shape index (κ1) is 31.4. The Morgan fingerprint density at radius 3 is 1.34 bits per heavy atom. The van der Waals surface area contributed by atoms with Crippen LogP contribution in [0.15, 0.2) is 134 Å². The molecule has 0 aliphatic heterocycles. The fraction of sp³-hybridized carbons (Fsp3) is 0.0606. The molecule has 8 heteroatoms. The van der Waals surface area contributed by atoms with Crippen molar-refractivity contribution in [1.82, 2.24) is 4.98 Å². The number of nitrogens with zero attached hydrogens (tertiary/aromatic N) is 3. The molecule has 0 N–H and O–H groups in total. The summed E-state index contributed by atoms with van der Waals surface area (Å²) in [5.41, 5.74) is 9.14. The number of aromatic nitrogens is 1.